The summed E-state index contributed by atoms with van der Waals surface area (Å²) in [6, 6.07) is 1.51. The summed E-state index contributed by atoms with van der Waals surface area (Å²) in [6.45, 7) is 0.875. The van der Waals surface area contributed by atoms with Crippen molar-refractivity contribution < 1.29 is 9.53 Å². The van der Waals surface area contributed by atoms with Crippen LogP contribution in [0.4, 0.5) is 0 Å². The molecule has 2 unspecified atom stereocenters. The van der Waals surface area contributed by atoms with Crippen molar-refractivity contribution in [1.29, 1.82) is 0 Å². The number of rotatable bonds is 2. The SMILES string of the molecule is Cn1ccc(C(=O)C2COCC2N)n1. The molecule has 0 saturated carbocycles. The Kier molecular flexibility index (Phi) is 2.35. The predicted octanol–water partition coefficient (Wildman–Crippen LogP) is -0.424. The van der Waals surface area contributed by atoms with Gasteiger partial charge in [0.25, 0.3) is 0 Å². The summed E-state index contributed by atoms with van der Waals surface area (Å²) < 4.78 is 6.74. The number of aryl methyl sites for hydroxylation is 1. The van der Waals surface area contributed by atoms with Crippen LogP contribution in [0.5, 0.6) is 0 Å². The lowest BCUT2D eigenvalue weighted by Gasteiger charge is -2.09. The zero-order chi connectivity index (χ0) is 10.1. The average Bonchev–Trinajstić information content (AvgIpc) is 2.73. The van der Waals surface area contributed by atoms with E-state index in [1.54, 1.807) is 24.0 Å². The van der Waals surface area contributed by atoms with Crippen molar-refractivity contribution in [3.63, 3.8) is 0 Å². The van der Waals surface area contributed by atoms with Crippen LogP contribution in [0.15, 0.2) is 12.3 Å². The molecule has 5 heteroatoms. The van der Waals surface area contributed by atoms with E-state index in [4.69, 9.17) is 10.5 Å². The molecule has 1 aromatic rings. The first kappa shape index (κ1) is 9.36. The van der Waals surface area contributed by atoms with Crippen LogP contribution in [0, 0.1) is 5.92 Å². The summed E-state index contributed by atoms with van der Waals surface area (Å²) in [6.07, 6.45) is 1.74. The van der Waals surface area contributed by atoms with Crippen molar-refractivity contribution in [2.24, 2.45) is 18.7 Å². The van der Waals surface area contributed by atoms with Crippen molar-refractivity contribution >= 4 is 5.78 Å². The average molecular weight is 195 g/mol. The van der Waals surface area contributed by atoms with Crippen molar-refractivity contribution in [2.75, 3.05) is 13.2 Å². The quantitative estimate of drug-likeness (QED) is 0.650. The number of aromatic nitrogens is 2. The molecule has 0 bridgehead atoms. The molecular formula is C9H13N3O2. The zero-order valence-electron chi connectivity index (χ0n) is 8.01. The Morgan fingerprint density at radius 2 is 2.50 bits per heavy atom. The highest BCUT2D eigenvalue weighted by Crippen LogP contribution is 2.16. The van der Waals surface area contributed by atoms with E-state index in [0.717, 1.165) is 0 Å². The second kappa shape index (κ2) is 3.51. The fourth-order valence-electron chi connectivity index (χ4n) is 1.58. The lowest BCUT2D eigenvalue weighted by Crippen LogP contribution is -2.34. The molecule has 0 amide bonds. The third-order valence-corrected chi connectivity index (χ3v) is 2.43. The molecule has 5 nitrogen and oxygen atoms in total. The van der Waals surface area contributed by atoms with Gasteiger partial charge in [-0.25, -0.2) is 0 Å². The van der Waals surface area contributed by atoms with E-state index in [1.165, 1.54) is 0 Å². The van der Waals surface area contributed by atoms with E-state index >= 15 is 0 Å². The van der Waals surface area contributed by atoms with Crippen molar-refractivity contribution in [2.45, 2.75) is 6.04 Å². The van der Waals surface area contributed by atoms with Crippen LogP contribution < -0.4 is 5.73 Å². The Morgan fingerprint density at radius 1 is 1.71 bits per heavy atom. The second-order valence-corrected chi connectivity index (χ2v) is 3.55. The zero-order valence-corrected chi connectivity index (χ0v) is 8.01. The maximum atomic E-state index is 11.8. The topological polar surface area (TPSA) is 70.1 Å². The van der Waals surface area contributed by atoms with Gasteiger partial charge in [0, 0.05) is 19.3 Å². The number of nitrogens with zero attached hydrogens (tertiary/aromatic N) is 2. The Balaban J connectivity index is 2.15. The smallest absolute Gasteiger partial charge is 0.190 e. The molecule has 2 N–H and O–H groups in total. The summed E-state index contributed by atoms with van der Waals surface area (Å²) >= 11 is 0. The molecule has 2 rings (SSSR count). The number of hydrogen-bond acceptors (Lipinski definition) is 4. The van der Waals surface area contributed by atoms with Crippen LogP contribution in [0.3, 0.4) is 0 Å². The molecular weight excluding hydrogens is 182 g/mol. The molecule has 2 heterocycles. The van der Waals surface area contributed by atoms with E-state index in [9.17, 15) is 4.79 Å². The molecule has 1 fully saturated rings. The Hall–Kier alpha value is -1.20. The maximum Gasteiger partial charge on any atom is 0.190 e. The normalized spacial score (nSPS) is 26.7. The van der Waals surface area contributed by atoms with E-state index in [1.807, 2.05) is 0 Å². The number of ketones is 1. The highest BCUT2D eigenvalue weighted by molar-refractivity contribution is 5.96. The van der Waals surface area contributed by atoms with E-state index in [0.29, 0.717) is 18.9 Å². The predicted molar refractivity (Wildman–Crippen MR) is 49.8 cm³/mol. The minimum absolute atomic E-state index is 0.0180. The molecule has 1 aromatic heterocycles. The van der Waals surface area contributed by atoms with E-state index in [2.05, 4.69) is 5.10 Å². The second-order valence-electron chi connectivity index (χ2n) is 3.55. The molecule has 2 atom stereocenters. The molecule has 0 radical (unpaired) electrons. The Morgan fingerprint density at radius 3 is 3.00 bits per heavy atom. The molecule has 1 saturated heterocycles. The van der Waals surface area contributed by atoms with E-state index in [-0.39, 0.29) is 17.7 Å². The number of nitrogens with two attached hydrogens (primary N) is 1. The number of ether oxygens (including phenoxy) is 1. The lowest BCUT2D eigenvalue weighted by molar-refractivity contribution is 0.0890. The third-order valence-electron chi connectivity index (χ3n) is 2.43. The van der Waals surface area contributed by atoms with Gasteiger partial charge in [0.15, 0.2) is 5.78 Å². The summed E-state index contributed by atoms with van der Waals surface area (Å²) in [5.74, 6) is -0.250. The minimum Gasteiger partial charge on any atom is -0.379 e. The van der Waals surface area contributed by atoms with Crippen LogP contribution >= 0.6 is 0 Å². The number of hydrogen-bond donors (Lipinski definition) is 1. The highest BCUT2D eigenvalue weighted by Gasteiger charge is 2.32. The fourth-order valence-corrected chi connectivity index (χ4v) is 1.58. The van der Waals surface area contributed by atoms with Gasteiger partial charge in [0.05, 0.1) is 19.1 Å². The van der Waals surface area contributed by atoms with Crippen molar-refractivity contribution in [1.82, 2.24) is 9.78 Å². The summed E-state index contributed by atoms with van der Waals surface area (Å²) in [7, 11) is 1.78. The monoisotopic (exact) mass is 195 g/mol. The molecule has 1 aliphatic rings. The molecule has 1 aliphatic heterocycles. The van der Waals surface area contributed by atoms with Crippen molar-refractivity contribution in [3.8, 4) is 0 Å². The van der Waals surface area contributed by atoms with Gasteiger partial charge in [-0.1, -0.05) is 0 Å². The Bertz CT molecular complexity index is 348. The maximum absolute atomic E-state index is 11.8. The van der Waals surface area contributed by atoms with Crippen LogP contribution in [0.1, 0.15) is 10.5 Å². The van der Waals surface area contributed by atoms with Gasteiger partial charge in [-0.05, 0) is 6.07 Å². The third kappa shape index (κ3) is 1.56. The first-order valence-electron chi connectivity index (χ1n) is 4.55. The lowest BCUT2D eigenvalue weighted by atomic mass is 9.97. The highest BCUT2D eigenvalue weighted by atomic mass is 16.5. The minimum atomic E-state index is -0.232. The van der Waals surface area contributed by atoms with Crippen LogP contribution in [0.2, 0.25) is 0 Å². The van der Waals surface area contributed by atoms with Crippen LogP contribution in [0.25, 0.3) is 0 Å². The number of carbonyl (C=O) groups is 1. The van der Waals surface area contributed by atoms with Crippen LogP contribution in [-0.4, -0.2) is 34.8 Å². The van der Waals surface area contributed by atoms with Crippen molar-refractivity contribution in [3.05, 3.63) is 18.0 Å². The van der Waals surface area contributed by atoms with Gasteiger partial charge in [-0.3, -0.25) is 9.48 Å². The molecule has 0 aromatic carbocycles. The van der Waals surface area contributed by atoms with Gasteiger partial charge in [0.1, 0.15) is 5.69 Å². The van der Waals surface area contributed by atoms with Gasteiger partial charge in [-0.2, -0.15) is 5.10 Å². The molecule has 0 aliphatic carbocycles. The van der Waals surface area contributed by atoms with Crippen LogP contribution in [-0.2, 0) is 11.8 Å². The first-order chi connectivity index (χ1) is 6.68. The molecule has 0 spiro atoms. The summed E-state index contributed by atoms with van der Waals surface area (Å²) in [4.78, 5) is 11.8. The largest absolute Gasteiger partial charge is 0.379 e. The molecule has 76 valence electrons. The fraction of sp³-hybridized carbons (Fsp3) is 0.556. The van der Waals surface area contributed by atoms with Gasteiger partial charge in [-0.15, -0.1) is 0 Å². The first-order valence-corrected chi connectivity index (χ1v) is 4.55. The van der Waals surface area contributed by atoms with Gasteiger partial charge in [0.2, 0.25) is 0 Å². The molecule has 14 heavy (non-hydrogen) atoms. The van der Waals surface area contributed by atoms with Gasteiger partial charge < -0.3 is 10.5 Å². The number of Topliss-reactive ketones (excluding diaryl/α,β-unsaturated/α-hetero) is 1. The number of carbonyl (C=O) groups excluding carboxylic acids is 1. The Labute approximate surface area is 81.8 Å². The summed E-state index contributed by atoms with van der Waals surface area (Å²) in [5, 5.41) is 4.05. The van der Waals surface area contributed by atoms with Gasteiger partial charge >= 0.3 is 0 Å². The van der Waals surface area contributed by atoms with E-state index < -0.39 is 0 Å². The summed E-state index contributed by atoms with van der Waals surface area (Å²) in [5.41, 5.74) is 6.21. The standard InChI is InChI=1S/C9H13N3O2/c1-12-3-2-8(11-12)9(13)6-4-14-5-7(6)10/h2-3,6-7H,4-5,10H2,1H3.